The summed E-state index contributed by atoms with van der Waals surface area (Å²) in [5.74, 6) is 0.865. The van der Waals surface area contributed by atoms with Gasteiger partial charge in [-0.2, -0.15) is 0 Å². The third-order valence-electron chi connectivity index (χ3n) is 3.16. The molecule has 0 spiro atoms. The van der Waals surface area contributed by atoms with E-state index < -0.39 is 0 Å². The largest absolute Gasteiger partial charge is 0.383 e. The van der Waals surface area contributed by atoms with Crippen LogP contribution >= 0.6 is 0 Å². The van der Waals surface area contributed by atoms with E-state index in [2.05, 4.69) is 18.3 Å². The molecule has 1 rings (SSSR count). The van der Waals surface area contributed by atoms with Crippen molar-refractivity contribution in [2.24, 2.45) is 5.92 Å². The van der Waals surface area contributed by atoms with Crippen LogP contribution in [0.4, 0.5) is 0 Å². The second kappa shape index (κ2) is 7.89. The average Bonchev–Trinajstić information content (AvgIpc) is 2.75. The lowest BCUT2D eigenvalue weighted by atomic mass is 10.0. The topological polar surface area (TPSA) is 21.3 Å². The van der Waals surface area contributed by atoms with Crippen LogP contribution in [0.2, 0.25) is 0 Å². The van der Waals surface area contributed by atoms with Gasteiger partial charge in [0.2, 0.25) is 0 Å². The van der Waals surface area contributed by atoms with Crippen molar-refractivity contribution in [1.29, 1.82) is 0 Å². The Balaban J connectivity index is 2.21. The molecule has 0 bridgehead atoms. The van der Waals surface area contributed by atoms with Crippen molar-refractivity contribution in [1.82, 2.24) is 5.32 Å². The van der Waals surface area contributed by atoms with E-state index in [0.717, 1.165) is 25.6 Å². The highest BCUT2D eigenvalue weighted by Crippen LogP contribution is 2.27. The summed E-state index contributed by atoms with van der Waals surface area (Å²) in [5, 5.41) is 3.42. The van der Waals surface area contributed by atoms with E-state index in [1.165, 1.54) is 32.1 Å². The predicted molar refractivity (Wildman–Crippen MR) is 65.1 cm³/mol. The Labute approximate surface area is 94.1 Å². The molecule has 1 fully saturated rings. The van der Waals surface area contributed by atoms with Gasteiger partial charge in [-0.1, -0.05) is 31.4 Å². The lowest BCUT2D eigenvalue weighted by Gasteiger charge is -2.10. The first-order valence-corrected chi connectivity index (χ1v) is 6.26. The van der Waals surface area contributed by atoms with E-state index in [0.29, 0.717) is 0 Å². The molecule has 0 unspecified atom stereocenters. The van der Waals surface area contributed by atoms with Gasteiger partial charge in [-0.25, -0.2) is 0 Å². The van der Waals surface area contributed by atoms with E-state index in [-0.39, 0.29) is 0 Å². The molecule has 0 aromatic heterocycles. The van der Waals surface area contributed by atoms with Gasteiger partial charge in [0, 0.05) is 20.2 Å². The van der Waals surface area contributed by atoms with Gasteiger partial charge in [-0.05, 0) is 25.2 Å². The molecule has 88 valence electrons. The Morgan fingerprint density at radius 1 is 1.40 bits per heavy atom. The van der Waals surface area contributed by atoms with Gasteiger partial charge in [0.1, 0.15) is 0 Å². The highest BCUT2D eigenvalue weighted by atomic mass is 16.5. The van der Waals surface area contributed by atoms with Gasteiger partial charge in [-0.3, -0.25) is 0 Å². The van der Waals surface area contributed by atoms with Gasteiger partial charge < -0.3 is 10.1 Å². The second-order valence-corrected chi connectivity index (χ2v) is 4.39. The fourth-order valence-electron chi connectivity index (χ4n) is 2.18. The average molecular weight is 211 g/mol. The number of nitrogens with one attached hydrogen (secondary N) is 1. The number of hydrogen-bond acceptors (Lipinski definition) is 2. The van der Waals surface area contributed by atoms with Gasteiger partial charge in [0.25, 0.3) is 0 Å². The summed E-state index contributed by atoms with van der Waals surface area (Å²) < 4.78 is 5.01. The monoisotopic (exact) mass is 211 g/mol. The van der Waals surface area contributed by atoms with Crippen LogP contribution in [0, 0.1) is 5.92 Å². The number of hydrogen-bond donors (Lipinski definition) is 1. The Hall–Kier alpha value is -0.340. The molecule has 0 aromatic rings. The molecular formula is C13H25NO. The molecule has 2 nitrogen and oxygen atoms in total. The lowest BCUT2D eigenvalue weighted by Crippen LogP contribution is -2.21. The molecule has 0 saturated heterocycles. The Morgan fingerprint density at radius 2 is 2.13 bits per heavy atom. The van der Waals surface area contributed by atoms with E-state index in [9.17, 15) is 0 Å². The van der Waals surface area contributed by atoms with Crippen molar-refractivity contribution in [2.75, 3.05) is 26.8 Å². The first kappa shape index (κ1) is 12.7. The lowest BCUT2D eigenvalue weighted by molar-refractivity contribution is 0.200. The normalized spacial score (nSPS) is 18.7. The zero-order valence-corrected chi connectivity index (χ0v) is 10.2. The Bertz CT molecular complexity index is 183. The minimum Gasteiger partial charge on any atom is -0.383 e. The summed E-state index contributed by atoms with van der Waals surface area (Å²) >= 11 is 0. The minimum atomic E-state index is 0.806. The second-order valence-electron chi connectivity index (χ2n) is 4.39. The summed E-state index contributed by atoms with van der Waals surface area (Å²) in [4.78, 5) is 0. The number of ether oxygens (including phenoxy) is 1. The van der Waals surface area contributed by atoms with Gasteiger partial charge in [0.15, 0.2) is 0 Å². The molecule has 0 radical (unpaired) electrons. The molecule has 0 amide bonds. The van der Waals surface area contributed by atoms with Crippen LogP contribution in [-0.2, 0) is 4.74 Å². The smallest absolute Gasteiger partial charge is 0.0587 e. The molecule has 0 atom stereocenters. The van der Waals surface area contributed by atoms with Crippen molar-refractivity contribution >= 4 is 0 Å². The number of rotatable bonds is 7. The SMILES string of the molecule is CCC(=CC1CCCC1)CNCCOC. The predicted octanol–water partition coefficient (Wildman–Crippen LogP) is 2.75. The molecule has 1 N–H and O–H groups in total. The first-order chi connectivity index (χ1) is 7.36. The summed E-state index contributed by atoms with van der Waals surface area (Å²) in [6, 6.07) is 0. The van der Waals surface area contributed by atoms with Crippen molar-refractivity contribution in [2.45, 2.75) is 39.0 Å². The standard InChI is InChI=1S/C13H25NO/c1-3-12(11-14-8-9-15-2)10-13-6-4-5-7-13/h10,13-14H,3-9,11H2,1-2H3. The van der Waals surface area contributed by atoms with Crippen LogP contribution < -0.4 is 5.32 Å². The Kier molecular flexibility index (Phi) is 6.69. The van der Waals surface area contributed by atoms with E-state index in [1.54, 1.807) is 12.7 Å². The zero-order valence-electron chi connectivity index (χ0n) is 10.2. The maximum atomic E-state index is 5.01. The molecule has 0 aliphatic heterocycles. The summed E-state index contributed by atoms with van der Waals surface area (Å²) in [6.07, 6.45) is 9.34. The maximum Gasteiger partial charge on any atom is 0.0587 e. The third-order valence-corrected chi connectivity index (χ3v) is 3.16. The number of allylic oxidation sites excluding steroid dienone is 1. The van der Waals surface area contributed by atoms with Crippen molar-refractivity contribution < 1.29 is 4.74 Å². The molecule has 1 aliphatic carbocycles. The minimum absolute atomic E-state index is 0.806. The van der Waals surface area contributed by atoms with Gasteiger partial charge >= 0.3 is 0 Å². The molecule has 1 saturated carbocycles. The van der Waals surface area contributed by atoms with Crippen LogP contribution in [0.3, 0.4) is 0 Å². The summed E-state index contributed by atoms with van der Waals surface area (Å²) in [6.45, 7) is 5.05. The van der Waals surface area contributed by atoms with Crippen LogP contribution in [-0.4, -0.2) is 26.8 Å². The molecule has 1 aliphatic rings. The highest BCUT2D eigenvalue weighted by Gasteiger charge is 2.12. The molecule has 0 aromatic carbocycles. The maximum absolute atomic E-state index is 5.01. The summed E-state index contributed by atoms with van der Waals surface area (Å²) in [5.41, 5.74) is 1.57. The summed E-state index contributed by atoms with van der Waals surface area (Å²) in [7, 11) is 1.75. The van der Waals surface area contributed by atoms with Crippen LogP contribution in [0.5, 0.6) is 0 Å². The molecule has 15 heavy (non-hydrogen) atoms. The quantitative estimate of drug-likeness (QED) is 0.516. The van der Waals surface area contributed by atoms with E-state index >= 15 is 0 Å². The molecule has 2 heteroatoms. The van der Waals surface area contributed by atoms with Gasteiger partial charge in [0.05, 0.1) is 6.61 Å². The van der Waals surface area contributed by atoms with Crippen molar-refractivity contribution in [3.8, 4) is 0 Å². The van der Waals surface area contributed by atoms with Crippen LogP contribution in [0.25, 0.3) is 0 Å². The first-order valence-electron chi connectivity index (χ1n) is 6.26. The van der Waals surface area contributed by atoms with E-state index in [1.807, 2.05) is 0 Å². The van der Waals surface area contributed by atoms with Crippen molar-refractivity contribution in [3.63, 3.8) is 0 Å². The van der Waals surface area contributed by atoms with Crippen LogP contribution in [0.15, 0.2) is 11.6 Å². The van der Waals surface area contributed by atoms with Gasteiger partial charge in [-0.15, -0.1) is 0 Å². The van der Waals surface area contributed by atoms with E-state index in [4.69, 9.17) is 4.74 Å². The van der Waals surface area contributed by atoms with Crippen molar-refractivity contribution in [3.05, 3.63) is 11.6 Å². The number of methoxy groups -OCH3 is 1. The highest BCUT2D eigenvalue weighted by molar-refractivity contribution is 5.06. The molecule has 0 heterocycles. The fraction of sp³-hybridized carbons (Fsp3) is 0.846. The van der Waals surface area contributed by atoms with Crippen LogP contribution in [0.1, 0.15) is 39.0 Å². The molecular weight excluding hydrogens is 186 g/mol. The Morgan fingerprint density at radius 3 is 2.73 bits per heavy atom. The zero-order chi connectivity index (χ0) is 10.9. The third kappa shape index (κ3) is 5.33. The fourth-order valence-corrected chi connectivity index (χ4v) is 2.18.